The SMILES string of the molecule is O=C(CC(=O)N1CCN(C(=O)c2ccccc2C(F)(F)F)CC1)Nc1ccc(-c2ccccc2)nc1.O=C(CC(=O)N1CCN(C(=O)c2ccccc2C(F)(F)F)CC1)Nc1ccc(N2CCCCC2)cc1. The first-order valence-corrected chi connectivity index (χ1v) is 23.4. The second-order valence-corrected chi connectivity index (χ2v) is 17.3. The normalized spacial score (nSPS) is 15.2. The smallest absolute Gasteiger partial charge is 0.372 e. The molecule has 6 amide bonds. The molecule has 20 heteroatoms. The summed E-state index contributed by atoms with van der Waals surface area (Å²) in [5.74, 6) is -3.22. The van der Waals surface area contributed by atoms with E-state index in [1.54, 1.807) is 12.1 Å². The van der Waals surface area contributed by atoms with E-state index in [0.717, 1.165) is 54.3 Å². The number of nitrogens with zero attached hydrogens (tertiary/aromatic N) is 6. The van der Waals surface area contributed by atoms with Gasteiger partial charge in [0.05, 0.1) is 39.8 Å². The van der Waals surface area contributed by atoms with Gasteiger partial charge in [-0.15, -0.1) is 0 Å². The van der Waals surface area contributed by atoms with Gasteiger partial charge in [-0.1, -0.05) is 54.6 Å². The van der Waals surface area contributed by atoms with Gasteiger partial charge < -0.3 is 35.1 Å². The maximum Gasteiger partial charge on any atom is 0.417 e. The summed E-state index contributed by atoms with van der Waals surface area (Å²) in [6.45, 7) is 2.92. The van der Waals surface area contributed by atoms with Crippen molar-refractivity contribution in [3.63, 3.8) is 0 Å². The van der Waals surface area contributed by atoms with E-state index in [2.05, 4.69) is 20.5 Å². The van der Waals surface area contributed by atoms with Gasteiger partial charge in [0.25, 0.3) is 11.8 Å². The van der Waals surface area contributed by atoms with E-state index in [-0.39, 0.29) is 64.7 Å². The summed E-state index contributed by atoms with van der Waals surface area (Å²) in [5.41, 5.74) is 1.05. The van der Waals surface area contributed by atoms with Crippen molar-refractivity contribution >= 4 is 52.5 Å². The topological polar surface area (TPSA) is 156 Å². The molecule has 3 saturated heterocycles. The highest BCUT2D eigenvalue weighted by atomic mass is 19.4. The van der Waals surface area contributed by atoms with E-state index in [4.69, 9.17) is 0 Å². The minimum absolute atomic E-state index is 0.0727. The first-order chi connectivity index (χ1) is 34.4. The lowest BCUT2D eigenvalue weighted by atomic mass is 10.1. The molecule has 0 unspecified atom stereocenters. The molecule has 0 radical (unpaired) electrons. The van der Waals surface area contributed by atoms with Crippen molar-refractivity contribution in [3.8, 4) is 11.3 Å². The fourth-order valence-electron chi connectivity index (χ4n) is 8.56. The van der Waals surface area contributed by atoms with Crippen molar-refractivity contribution in [2.45, 2.75) is 44.5 Å². The molecule has 0 aliphatic carbocycles. The third-order valence-corrected chi connectivity index (χ3v) is 12.4. The molecule has 3 fully saturated rings. The zero-order valence-electron chi connectivity index (χ0n) is 39.1. The van der Waals surface area contributed by atoms with Crippen LogP contribution >= 0.6 is 0 Å². The zero-order chi connectivity index (χ0) is 51.4. The molecule has 3 aliphatic rings. The van der Waals surface area contributed by atoms with Crippen LogP contribution in [-0.4, -0.2) is 125 Å². The fraction of sp³-hybridized carbons (Fsp3) is 0.327. The Balaban J connectivity index is 0.000000211. The number of halogens is 6. The molecule has 1 aromatic heterocycles. The second-order valence-electron chi connectivity index (χ2n) is 17.3. The summed E-state index contributed by atoms with van der Waals surface area (Å²) in [7, 11) is 0. The van der Waals surface area contributed by atoms with Gasteiger partial charge in [-0.05, 0) is 79.9 Å². The van der Waals surface area contributed by atoms with Crippen LogP contribution in [0.4, 0.5) is 43.4 Å². The molecule has 4 heterocycles. The number of pyridine rings is 1. The number of nitrogens with one attached hydrogen (secondary N) is 2. The van der Waals surface area contributed by atoms with Crippen LogP contribution < -0.4 is 15.5 Å². The molecule has 0 bridgehead atoms. The maximum absolute atomic E-state index is 13.3. The minimum Gasteiger partial charge on any atom is -0.372 e. The molecule has 2 N–H and O–H groups in total. The summed E-state index contributed by atoms with van der Waals surface area (Å²) >= 11 is 0. The Hall–Kier alpha value is -7.77. The summed E-state index contributed by atoms with van der Waals surface area (Å²) in [4.78, 5) is 87.4. The highest BCUT2D eigenvalue weighted by Crippen LogP contribution is 2.34. The van der Waals surface area contributed by atoms with Gasteiger partial charge in [0.15, 0.2) is 0 Å². The predicted molar refractivity (Wildman–Crippen MR) is 257 cm³/mol. The lowest BCUT2D eigenvalue weighted by molar-refractivity contribution is -0.139. The maximum atomic E-state index is 13.3. The van der Waals surface area contributed by atoms with Crippen LogP contribution in [0.25, 0.3) is 11.3 Å². The third-order valence-electron chi connectivity index (χ3n) is 12.4. The van der Waals surface area contributed by atoms with Crippen molar-refractivity contribution in [1.29, 1.82) is 0 Å². The van der Waals surface area contributed by atoms with Gasteiger partial charge in [-0.25, -0.2) is 0 Å². The summed E-state index contributed by atoms with van der Waals surface area (Å²) in [6, 6.07) is 29.8. The molecule has 0 spiro atoms. The second kappa shape index (κ2) is 23.4. The van der Waals surface area contributed by atoms with E-state index in [0.29, 0.717) is 11.4 Å². The Morgan fingerprint density at radius 2 is 0.875 bits per heavy atom. The van der Waals surface area contributed by atoms with Gasteiger partial charge in [-0.3, -0.25) is 33.8 Å². The standard InChI is InChI=1S/C26H29F3N4O3.C26H23F3N4O3/c27-26(28,29)22-7-3-2-6-21(22)25(36)33-16-14-32(15-17-33)24(35)18-23(34)30-19-8-10-20(11-9-19)31-12-4-1-5-13-31;27-26(28,29)21-9-5-4-8-20(21)25(36)33-14-12-32(13-15-33)24(35)16-23(34)31-19-10-11-22(30-17-19)18-6-2-1-3-7-18/h2-3,6-11H,1,4-5,12-18H2,(H,30,34);1-11,17H,12-16H2,(H,31,34). The largest absolute Gasteiger partial charge is 0.417 e. The number of hydrogen-bond acceptors (Lipinski definition) is 8. The lowest BCUT2D eigenvalue weighted by Crippen LogP contribution is -2.51. The van der Waals surface area contributed by atoms with Crippen molar-refractivity contribution in [1.82, 2.24) is 24.6 Å². The molecule has 14 nitrogen and oxygen atoms in total. The summed E-state index contributed by atoms with van der Waals surface area (Å²) in [5, 5.41) is 5.37. The first-order valence-electron chi connectivity index (χ1n) is 23.4. The quantitative estimate of drug-likeness (QED) is 0.105. The zero-order valence-corrected chi connectivity index (χ0v) is 39.1. The molecule has 0 saturated carbocycles. The number of aromatic nitrogens is 1. The number of carbonyl (C=O) groups is 6. The Morgan fingerprint density at radius 3 is 1.32 bits per heavy atom. The van der Waals surface area contributed by atoms with Crippen LogP contribution in [0.1, 0.15) is 63.9 Å². The number of hydrogen-bond donors (Lipinski definition) is 2. The Labute approximate surface area is 411 Å². The van der Waals surface area contributed by atoms with Crippen molar-refractivity contribution < 1.29 is 55.1 Å². The molecule has 0 atom stereocenters. The summed E-state index contributed by atoms with van der Waals surface area (Å²) in [6.07, 6.45) is -4.93. The van der Waals surface area contributed by atoms with Crippen LogP contribution in [0.5, 0.6) is 0 Å². The van der Waals surface area contributed by atoms with Crippen molar-refractivity contribution in [3.05, 3.63) is 144 Å². The number of carbonyl (C=O) groups excluding carboxylic acids is 6. The number of piperidine rings is 1. The molecule has 4 aromatic carbocycles. The fourth-order valence-corrected chi connectivity index (χ4v) is 8.56. The van der Waals surface area contributed by atoms with Crippen LogP contribution in [0.3, 0.4) is 0 Å². The van der Waals surface area contributed by atoms with Crippen LogP contribution in [0, 0.1) is 0 Å². The molecule has 5 aromatic rings. The monoisotopic (exact) mass is 998 g/mol. The van der Waals surface area contributed by atoms with Crippen LogP contribution in [-0.2, 0) is 31.5 Å². The third kappa shape index (κ3) is 13.8. The molecule has 378 valence electrons. The number of benzene rings is 4. The van der Waals surface area contributed by atoms with E-state index >= 15 is 0 Å². The first kappa shape index (κ1) is 52.1. The van der Waals surface area contributed by atoms with Gasteiger partial charge in [0.2, 0.25) is 23.6 Å². The number of alkyl halides is 6. The highest BCUT2D eigenvalue weighted by molar-refractivity contribution is 6.04. The van der Waals surface area contributed by atoms with E-state index in [9.17, 15) is 55.1 Å². The van der Waals surface area contributed by atoms with Gasteiger partial charge >= 0.3 is 12.4 Å². The number of piperazine rings is 2. The number of rotatable bonds is 10. The van der Waals surface area contributed by atoms with Gasteiger partial charge in [0, 0.05) is 82.4 Å². The Kier molecular flexibility index (Phi) is 16.9. The van der Waals surface area contributed by atoms with E-state index < -0.39 is 70.6 Å². The van der Waals surface area contributed by atoms with Crippen molar-refractivity contribution in [2.24, 2.45) is 0 Å². The Morgan fingerprint density at radius 1 is 0.458 bits per heavy atom. The average Bonchev–Trinajstić information content (AvgIpc) is 3.39. The summed E-state index contributed by atoms with van der Waals surface area (Å²) < 4.78 is 79.5. The minimum atomic E-state index is -4.64. The molecule has 72 heavy (non-hydrogen) atoms. The number of amides is 6. The van der Waals surface area contributed by atoms with Crippen LogP contribution in [0.2, 0.25) is 0 Å². The van der Waals surface area contributed by atoms with E-state index in [1.807, 2.05) is 54.6 Å². The average molecular weight is 999 g/mol. The molecule has 8 rings (SSSR count). The van der Waals surface area contributed by atoms with Crippen molar-refractivity contribution in [2.75, 3.05) is 81.0 Å². The Bertz CT molecular complexity index is 2700. The number of anilines is 3. The predicted octanol–water partition coefficient (Wildman–Crippen LogP) is 8.09. The molecular weight excluding hydrogens is 947 g/mol. The van der Waals surface area contributed by atoms with Gasteiger partial charge in [-0.2, -0.15) is 26.3 Å². The molecule has 3 aliphatic heterocycles. The van der Waals surface area contributed by atoms with E-state index in [1.165, 1.54) is 69.3 Å². The highest BCUT2D eigenvalue weighted by Gasteiger charge is 2.38. The van der Waals surface area contributed by atoms with Crippen LogP contribution in [0.15, 0.2) is 121 Å². The lowest BCUT2D eigenvalue weighted by Gasteiger charge is -2.35. The van der Waals surface area contributed by atoms with Gasteiger partial charge in [0.1, 0.15) is 12.8 Å². The molecular formula is C52H52F6N8O6.